The van der Waals surface area contributed by atoms with E-state index in [1.165, 1.54) is 0 Å². The van der Waals surface area contributed by atoms with Gasteiger partial charge in [0.05, 0.1) is 33.4 Å². The number of amides is 2. The van der Waals surface area contributed by atoms with Crippen molar-refractivity contribution >= 4 is 29.9 Å². The molecule has 2 amide bonds. The van der Waals surface area contributed by atoms with Crippen molar-refractivity contribution in [1.29, 1.82) is 0 Å². The molecule has 7 nitrogen and oxygen atoms in total. The van der Waals surface area contributed by atoms with Crippen molar-refractivity contribution in [2.24, 2.45) is 5.73 Å². The number of benzene rings is 2. The molecule has 0 aliphatic heterocycles. The van der Waals surface area contributed by atoms with Gasteiger partial charge in [-0.2, -0.15) is 0 Å². The summed E-state index contributed by atoms with van der Waals surface area (Å²) in [5.41, 5.74) is 7.79. The van der Waals surface area contributed by atoms with Crippen LogP contribution in [0.15, 0.2) is 48.5 Å². The zero-order valence-corrected chi connectivity index (χ0v) is 15.9. The van der Waals surface area contributed by atoms with Crippen molar-refractivity contribution in [3.63, 3.8) is 0 Å². The molecule has 4 N–H and O–H groups in total. The Morgan fingerprint density at radius 1 is 1.00 bits per heavy atom. The van der Waals surface area contributed by atoms with Gasteiger partial charge in [0, 0.05) is 5.69 Å². The van der Waals surface area contributed by atoms with E-state index in [0.29, 0.717) is 18.9 Å². The number of anilines is 1. The molecule has 27 heavy (non-hydrogen) atoms. The molecule has 8 heteroatoms. The fourth-order valence-corrected chi connectivity index (χ4v) is 2.20. The summed E-state index contributed by atoms with van der Waals surface area (Å²) < 4.78 is 10.8. The molecule has 0 atom stereocenters. The maximum Gasteiger partial charge on any atom is 0.243 e. The van der Waals surface area contributed by atoms with Gasteiger partial charge in [-0.25, -0.2) is 0 Å². The minimum Gasteiger partial charge on any atom is -0.497 e. The highest BCUT2D eigenvalue weighted by molar-refractivity contribution is 5.94. The molecular weight excluding hydrogens is 370 g/mol. The number of rotatable bonds is 9. The van der Waals surface area contributed by atoms with E-state index in [2.05, 4.69) is 10.6 Å². The molecule has 0 aliphatic carbocycles. The van der Waals surface area contributed by atoms with E-state index in [0.717, 1.165) is 16.9 Å². The normalized spacial score (nSPS) is 9.85. The van der Waals surface area contributed by atoms with Gasteiger partial charge < -0.3 is 25.8 Å². The second-order valence-electron chi connectivity index (χ2n) is 5.57. The Kier molecular flexibility index (Phi) is 9.89. The molecule has 0 saturated heterocycles. The molecule has 0 unspecified atom stereocenters. The summed E-state index contributed by atoms with van der Waals surface area (Å²) in [5.74, 6) is 0.115. The van der Waals surface area contributed by atoms with E-state index < -0.39 is 0 Å². The Morgan fingerprint density at radius 2 is 1.70 bits per heavy atom. The summed E-state index contributed by atoms with van der Waals surface area (Å²) in [5, 5.41) is 5.14. The molecule has 2 rings (SSSR count). The van der Waals surface area contributed by atoms with Crippen LogP contribution in [-0.2, 0) is 27.5 Å². The standard InChI is InChI=1S/C19H23N3O4.ClH/c1-25-17-7-5-14(6-8-17)12-26-13-15-3-2-4-16(9-15)22-19(24)11-21-18(23)10-20;/h2-9H,10-13,20H2,1H3,(H,21,23)(H,22,24);1H. The van der Waals surface area contributed by atoms with Crippen molar-refractivity contribution in [3.05, 3.63) is 59.7 Å². The van der Waals surface area contributed by atoms with Gasteiger partial charge in [-0.05, 0) is 35.4 Å². The second-order valence-corrected chi connectivity index (χ2v) is 5.57. The monoisotopic (exact) mass is 393 g/mol. The van der Waals surface area contributed by atoms with Crippen LogP contribution in [0.25, 0.3) is 0 Å². The summed E-state index contributed by atoms with van der Waals surface area (Å²) in [6.45, 7) is 0.633. The highest BCUT2D eigenvalue weighted by Crippen LogP contribution is 2.14. The van der Waals surface area contributed by atoms with Crippen LogP contribution in [0.3, 0.4) is 0 Å². The van der Waals surface area contributed by atoms with E-state index >= 15 is 0 Å². The minimum absolute atomic E-state index is 0. The van der Waals surface area contributed by atoms with Gasteiger partial charge >= 0.3 is 0 Å². The lowest BCUT2D eigenvalue weighted by Crippen LogP contribution is -2.36. The van der Waals surface area contributed by atoms with Crippen LogP contribution < -0.4 is 21.1 Å². The summed E-state index contributed by atoms with van der Waals surface area (Å²) in [6, 6.07) is 15.0. The Labute approximate surface area is 164 Å². The van der Waals surface area contributed by atoms with Gasteiger partial charge in [-0.3, -0.25) is 9.59 Å². The highest BCUT2D eigenvalue weighted by atomic mass is 35.5. The molecule has 0 spiro atoms. The van der Waals surface area contributed by atoms with Crippen LogP contribution in [0.5, 0.6) is 5.75 Å². The first-order valence-electron chi connectivity index (χ1n) is 8.17. The number of ether oxygens (including phenoxy) is 2. The van der Waals surface area contributed by atoms with Crippen molar-refractivity contribution in [3.8, 4) is 5.75 Å². The third-order valence-electron chi connectivity index (χ3n) is 3.54. The molecular formula is C19H24ClN3O4. The van der Waals surface area contributed by atoms with Crippen molar-refractivity contribution in [2.45, 2.75) is 13.2 Å². The van der Waals surface area contributed by atoms with Crippen molar-refractivity contribution < 1.29 is 19.1 Å². The van der Waals surface area contributed by atoms with Gasteiger partial charge in [-0.1, -0.05) is 24.3 Å². The lowest BCUT2D eigenvalue weighted by molar-refractivity contribution is -0.123. The SMILES string of the molecule is COc1ccc(COCc2cccc(NC(=O)CNC(=O)CN)c2)cc1.Cl. The lowest BCUT2D eigenvalue weighted by Gasteiger charge is -2.09. The number of nitrogens with one attached hydrogen (secondary N) is 2. The van der Waals surface area contributed by atoms with Crippen LogP contribution >= 0.6 is 12.4 Å². The molecule has 0 radical (unpaired) electrons. The van der Waals surface area contributed by atoms with Gasteiger partial charge in [0.2, 0.25) is 11.8 Å². The van der Waals surface area contributed by atoms with Gasteiger partial charge in [0.25, 0.3) is 0 Å². The number of hydrogen-bond acceptors (Lipinski definition) is 5. The third-order valence-corrected chi connectivity index (χ3v) is 3.54. The maximum absolute atomic E-state index is 11.8. The van der Waals surface area contributed by atoms with Crippen LogP contribution in [0, 0.1) is 0 Å². The number of halogens is 1. The fourth-order valence-electron chi connectivity index (χ4n) is 2.20. The van der Waals surface area contributed by atoms with E-state index in [4.69, 9.17) is 15.2 Å². The Balaban J connectivity index is 0.00000364. The largest absolute Gasteiger partial charge is 0.497 e. The first-order chi connectivity index (χ1) is 12.6. The lowest BCUT2D eigenvalue weighted by atomic mass is 10.2. The smallest absolute Gasteiger partial charge is 0.243 e. The Bertz CT molecular complexity index is 738. The summed E-state index contributed by atoms with van der Waals surface area (Å²) in [4.78, 5) is 22.8. The minimum atomic E-state index is -0.374. The molecule has 0 bridgehead atoms. The first-order valence-corrected chi connectivity index (χ1v) is 8.17. The van der Waals surface area contributed by atoms with Gasteiger partial charge in [-0.15, -0.1) is 12.4 Å². The molecule has 146 valence electrons. The number of nitrogens with two attached hydrogens (primary N) is 1. The number of methoxy groups -OCH3 is 1. The molecule has 0 heterocycles. The van der Waals surface area contributed by atoms with E-state index in [1.807, 2.05) is 42.5 Å². The molecule has 0 fully saturated rings. The van der Waals surface area contributed by atoms with Crippen molar-refractivity contribution in [1.82, 2.24) is 5.32 Å². The van der Waals surface area contributed by atoms with E-state index in [1.54, 1.807) is 13.2 Å². The Hall–Kier alpha value is -2.61. The Morgan fingerprint density at radius 3 is 2.37 bits per heavy atom. The van der Waals surface area contributed by atoms with Crippen molar-refractivity contribution in [2.75, 3.05) is 25.5 Å². The highest BCUT2D eigenvalue weighted by Gasteiger charge is 2.05. The zero-order valence-electron chi connectivity index (χ0n) is 15.1. The number of hydrogen-bond donors (Lipinski definition) is 3. The predicted molar refractivity (Wildman–Crippen MR) is 106 cm³/mol. The van der Waals surface area contributed by atoms with Crippen LogP contribution in [-0.4, -0.2) is 32.0 Å². The zero-order chi connectivity index (χ0) is 18.8. The topological polar surface area (TPSA) is 103 Å². The summed E-state index contributed by atoms with van der Waals surface area (Å²) in [7, 11) is 1.63. The molecule has 0 aromatic heterocycles. The van der Waals surface area contributed by atoms with Gasteiger partial charge in [0.1, 0.15) is 5.75 Å². The predicted octanol–water partition coefficient (Wildman–Crippen LogP) is 1.85. The van der Waals surface area contributed by atoms with Gasteiger partial charge in [0.15, 0.2) is 0 Å². The van der Waals surface area contributed by atoms with Crippen LogP contribution in [0.1, 0.15) is 11.1 Å². The summed E-state index contributed by atoms with van der Waals surface area (Å²) >= 11 is 0. The molecule has 0 aliphatic rings. The van der Waals surface area contributed by atoms with E-state index in [-0.39, 0.29) is 37.3 Å². The molecule has 0 saturated carbocycles. The molecule has 2 aromatic rings. The second kappa shape index (κ2) is 11.9. The molecule has 2 aromatic carbocycles. The fraction of sp³-hybridized carbons (Fsp3) is 0.263. The van der Waals surface area contributed by atoms with E-state index in [9.17, 15) is 9.59 Å². The maximum atomic E-state index is 11.8. The number of carbonyl (C=O) groups is 2. The summed E-state index contributed by atoms with van der Waals surface area (Å²) in [6.07, 6.45) is 0. The quantitative estimate of drug-likeness (QED) is 0.603. The average molecular weight is 394 g/mol. The first kappa shape index (κ1) is 22.4. The van der Waals surface area contributed by atoms with Crippen LogP contribution in [0.2, 0.25) is 0 Å². The third kappa shape index (κ3) is 8.08. The van der Waals surface area contributed by atoms with Crippen LogP contribution in [0.4, 0.5) is 5.69 Å². The average Bonchev–Trinajstić information content (AvgIpc) is 2.67. The number of carbonyl (C=O) groups excluding carboxylic acids is 2.